The fourth-order valence-corrected chi connectivity index (χ4v) is 3.34. The van der Waals surface area contributed by atoms with Crippen LogP contribution in [0.1, 0.15) is 24.5 Å². The third kappa shape index (κ3) is 3.45. The molecule has 0 saturated heterocycles. The van der Waals surface area contributed by atoms with Gasteiger partial charge in [-0.15, -0.1) is 0 Å². The van der Waals surface area contributed by atoms with E-state index in [4.69, 9.17) is 4.74 Å². The Balaban J connectivity index is 1.79. The molecule has 0 radical (unpaired) electrons. The van der Waals surface area contributed by atoms with Crippen molar-refractivity contribution < 1.29 is 4.74 Å². The molecule has 1 aliphatic heterocycles. The lowest BCUT2D eigenvalue weighted by atomic mass is 10.0. The first-order valence-corrected chi connectivity index (χ1v) is 9.47. The van der Waals surface area contributed by atoms with Gasteiger partial charge in [0, 0.05) is 24.4 Å². The smallest absolute Gasteiger partial charge is 0.122 e. The molecule has 6 heteroatoms. The summed E-state index contributed by atoms with van der Waals surface area (Å²) in [4.78, 5) is 9.21. The van der Waals surface area contributed by atoms with Crippen LogP contribution in [0.3, 0.4) is 0 Å². The fraction of sp³-hybridized carbons (Fsp3) is 0.273. The zero-order valence-corrected chi connectivity index (χ0v) is 16.4. The summed E-state index contributed by atoms with van der Waals surface area (Å²) in [5.74, 6) is 0.890. The molecule has 1 aliphatic rings. The third-order valence-corrected chi connectivity index (χ3v) is 4.74. The van der Waals surface area contributed by atoms with Crippen molar-refractivity contribution >= 4 is 5.70 Å². The summed E-state index contributed by atoms with van der Waals surface area (Å²) < 4.78 is 7.80. The van der Waals surface area contributed by atoms with Crippen molar-refractivity contribution in [2.45, 2.75) is 20.3 Å². The van der Waals surface area contributed by atoms with Crippen LogP contribution < -0.4 is 4.74 Å². The third-order valence-electron chi connectivity index (χ3n) is 4.74. The molecule has 2 aromatic heterocycles. The van der Waals surface area contributed by atoms with E-state index in [0.717, 1.165) is 58.2 Å². The topological polar surface area (TPSA) is 64.7 Å². The van der Waals surface area contributed by atoms with E-state index in [1.807, 2.05) is 37.0 Å². The van der Waals surface area contributed by atoms with Gasteiger partial charge in [0.15, 0.2) is 0 Å². The van der Waals surface area contributed by atoms with Gasteiger partial charge in [-0.05, 0) is 44.0 Å². The van der Waals surface area contributed by atoms with Gasteiger partial charge >= 0.3 is 0 Å². The average Bonchev–Trinajstić information content (AvgIpc) is 3.12. The van der Waals surface area contributed by atoms with Gasteiger partial charge in [-0.25, -0.2) is 4.98 Å². The molecule has 1 aromatic carbocycles. The normalized spacial score (nSPS) is 13.5. The zero-order valence-electron chi connectivity index (χ0n) is 16.4. The molecular formula is C22H23N5O. The Bertz CT molecular complexity index is 1060. The van der Waals surface area contributed by atoms with E-state index in [9.17, 15) is 0 Å². The standard InChI is InChI=1S/C22H23N5O/c1-4-28-20-13-17(8-7-15(20)2)22-21(24-14-27(22)3)19-12-16(9-11-23-19)18-6-5-10-25-26-18/h6-9,11-14H,4-5,10H2,1-3H3. The van der Waals surface area contributed by atoms with Crippen molar-refractivity contribution in [1.29, 1.82) is 0 Å². The number of aryl methyl sites for hydroxylation is 2. The van der Waals surface area contributed by atoms with E-state index < -0.39 is 0 Å². The number of aromatic nitrogens is 3. The van der Waals surface area contributed by atoms with Crippen LogP contribution in [0, 0.1) is 6.92 Å². The Labute approximate surface area is 164 Å². The molecule has 0 amide bonds. The molecule has 0 unspecified atom stereocenters. The fourth-order valence-electron chi connectivity index (χ4n) is 3.34. The minimum Gasteiger partial charge on any atom is -0.494 e. The number of rotatable bonds is 5. The molecule has 0 N–H and O–H groups in total. The highest BCUT2D eigenvalue weighted by Gasteiger charge is 2.17. The summed E-state index contributed by atoms with van der Waals surface area (Å²) in [5, 5.41) is 8.42. The van der Waals surface area contributed by atoms with Crippen LogP contribution in [0.5, 0.6) is 5.75 Å². The Morgan fingerprint density at radius 3 is 2.79 bits per heavy atom. The highest BCUT2D eigenvalue weighted by molar-refractivity contribution is 5.79. The molecule has 28 heavy (non-hydrogen) atoms. The number of hydrogen-bond acceptors (Lipinski definition) is 5. The number of hydrogen-bond donors (Lipinski definition) is 0. The SMILES string of the molecule is CCOc1cc(-c2c(-c3cc(C4=CCCN=N4)ccn3)ncn2C)ccc1C. The maximum absolute atomic E-state index is 5.78. The van der Waals surface area contributed by atoms with Gasteiger partial charge in [0.1, 0.15) is 11.4 Å². The molecule has 4 rings (SSSR count). The van der Waals surface area contributed by atoms with Crippen LogP contribution in [0.4, 0.5) is 0 Å². The first-order chi connectivity index (χ1) is 13.7. The minimum absolute atomic E-state index is 0.635. The summed E-state index contributed by atoms with van der Waals surface area (Å²) in [5.41, 5.74) is 6.71. The van der Waals surface area contributed by atoms with Crippen molar-refractivity contribution in [3.05, 3.63) is 60.1 Å². The Morgan fingerprint density at radius 2 is 2.00 bits per heavy atom. The lowest BCUT2D eigenvalue weighted by Crippen LogP contribution is -1.97. The first-order valence-electron chi connectivity index (χ1n) is 9.47. The molecule has 6 nitrogen and oxygen atoms in total. The number of benzene rings is 1. The van der Waals surface area contributed by atoms with E-state index >= 15 is 0 Å². The van der Waals surface area contributed by atoms with E-state index in [1.54, 1.807) is 6.20 Å². The van der Waals surface area contributed by atoms with Gasteiger partial charge in [-0.3, -0.25) is 4.98 Å². The largest absolute Gasteiger partial charge is 0.494 e. The van der Waals surface area contributed by atoms with Crippen molar-refractivity contribution in [3.63, 3.8) is 0 Å². The van der Waals surface area contributed by atoms with Crippen molar-refractivity contribution in [2.75, 3.05) is 13.2 Å². The van der Waals surface area contributed by atoms with Gasteiger partial charge in [-0.2, -0.15) is 10.2 Å². The van der Waals surface area contributed by atoms with Crippen molar-refractivity contribution in [3.8, 4) is 28.4 Å². The van der Waals surface area contributed by atoms with Gasteiger partial charge in [0.05, 0.1) is 36.6 Å². The average molecular weight is 373 g/mol. The van der Waals surface area contributed by atoms with Crippen LogP contribution in [0.2, 0.25) is 0 Å². The van der Waals surface area contributed by atoms with Gasteiger partial charge in [-0.1, -0.05) is 18.2 Å². The highest BCUT2D eigenvalue weighted by atomic mass is 16.5. The number of nitrogens with zero attached hydrogens (tertiary/aromatic N) is 5. The summed E-state index contributed by atoms with van der Waals surface area (Å²) in [6.45, 7) is 5.43. The molecular weight excluding hydrogens is 350 g/mol. The Hall–Kier alpha value is -3.28. The highest BCUT2D eigenvalue weighted by Crippen LogP contribution is 2.34. The quantitative estimate of drug-likeness (QED) is 0.628. The molecule has 142 valence electrons. The summed E-state index contributed by atoms with van der Waals surface area (Å²) in [7, 11) is 1.99. The van der Waals surface area contributed by atoms with Crippen LogP contribution in [0.15, 0.2) is 59.2 Å². The predicted octanol–water partition coefficient (Wildman–Crippen LogP) is 5.05. The molecule has 3 heterocycles. The molecule has 0 saturated carbocycles. The zero-order chi connectivity index (χ0) is 19.5. The molecule has 0 spiro atoms. The summed E-state index contributed by atoms with van der Waals surface area (Å²) in [6, 6.07) is 10.2. The van der Waals surface area contributed by atoms with E-state index in [1.165, 1.54) is 0 Å². The second kappa shape index (κ2) is 7.76. The number of azo groups is 1. The molecule has 0 atom stereocenters. The van der Waals surface area contributed by atoms with Crippen molar-refractivity contribution in [1.82, 2.24) is 14.5 Å². The lowest BCUT2D eigenvalue weighted by Gasteiger charge is -2.12. The number of ether oxygens (including phenoxy) is 1. The van der Waals surface area contributed by atoms with Crippen LogP contribution in [-0.4, -0.2) is 27.7 Å². The lowest BCUT2D eigenvalue weighted by molar-refractivity contribution is 0.338. The molecule has 3 aromatic rings. The molecule has 0 aliphatic carbocycles. The van der Waals surface area contributed by atoms with E-state index in [-0.39, 0.29) is 0 Å². The van der Waals surface area contributed by atoms with Gasteiger partial charge in [0.25, 0.3) is 0 Å². The second-order valence-corrected chi connectivity index (χ2v) is 6.74. The van der Waals surface area contributed by atoms with Crippen LogP contribution in [0.25, 0.3) is 28.3 Å². The van der Waals surface area contributed by atoms with E-state index in [2.05, 4.69) is 51.4 Å². The monoisotopic (exact) mass is 373 g/mol. The minimum atomic E-state index is 0.635. The Kier molecular flexibility index (Phi) is 5.02. The molecule has 0 fully saturated rings. The first kappa shape index (κ1) is 18.1. The Morgan fingerprint density at radius 1 is 1.11 bits per heavy atom. The second-order valence-electron chi connectivity index (χ2n) is 6.74. The van der Waals surface area contributed by atoms with Crippen LogP contribution >= 0.6 is 0 Å². The summed E-state index contributed by atoms with van der Waals surface area (Å²) >= 11 is 0. The number of pyridine rings is 1. The van der Waals surface area contributed by atoms with Gasteiger partial charge in [0.2, 0.25) is 0 Å². The molecule has 0 bridgehead atoms. The van der Waals surface area contributed by atoms with Crippen LogP contribution in [-0.2, 0) is 7.05 Å². The maximum Gasteiger partial charge on any atom is 0.122 e. The van der Waals surface area contributed by atoms with Gasteiger partial charge < -0.3 is 9.30 Å². The predicted molar refractivity (Wildman–Crippen MR) is 110 cm³/mol. The number of imidazole rings is 1. The van der Waals surface area contributed by atoms with Crippen molar-refractivity contribution in [2.24, 2.45) is 17.3 Å². The van der Waals surface area contributed by atoms with E-state index in [0.29, 0.717) is 6.61 Å². The summed E-state index contributed by atoms with van der Waals surface area (Å²) in [6.07, 6.45) is 6.64. The maximum atomic E-state index is 5.78.